The van der Waals surface area contributed by atoms with Gasteiger partial charge in [-0.05, 0) is 29.7 Å². The summed E-state index contributed by atoms with van der Waals surface area (Å²) in [5, 5.41) is 5.08. The third-order valence-corrected chi connectivity index (χ3v) is 4.82. The van der Waals surface area contributed by atoms with Crippen molar-refractivity contribution in [3.63, 3.8) is 0 Å². The molecule has 3 aromatic rings. The average molecular weight is 373 g/mol. The zero-order valence-electron chi connectivity index (χ0n) is 14.3. The van der Waals surface area contributed by atoms with E-state index in [1.165, 1.54) is 0 Å². The minimum atomic E-state index is -0.323. The van der Waals surface area contributed by atoms with Gasteiger partial charge in [0.25, 0.3) is 0 Å². The summed E-state index contributed by atoms with van der Waals surface area (Å²) in [5.74, 6) is 1.29. The Labute approximate surface area is 155 Å². The van der Waals surface area contributed by atoms with Crippen molar-refractivity contribution in [2.45, 2.75) is 12.5 Å². The first kappa shape index (κ1) is 16.7. The molecule has 8 heteroatoms. The highest BCUT2D eigenvalue weighted by Crippen LogP contribution is 2.40. The number of halogens is 1. The van der Waals surface area contributed by atoms with E-state index in [4.69, 9.17) is 21.1 Å². The first-order valence-corrected chi connectivity index (χ1v) is 8.49. The topological polar surface area (TPSA) is 69.0 Å². The van der Waals surface area contributed by atoms with Crippen LogP contribution in [0.4, 0.5) is 0 Å². The monoisotopic (exact) mass is 372 g/mol. The smallest absolute Gasteiger partial charge is 0.210 e. The van der Waals surface area contributed by atoms with Crippen molar-refractivity contribution < 1.29 is 14.3 Å². The minimum absolute atomic E-state index is 0.323. The average Bonchev–Trinajstić information content (AvgIpc) is 3.08. The fraction of sp³-hybridized carbons (Fsp3) is 0.278. The fourth-order valence-electron chi connectivity index (χ4n) is 3.41. The van der Waals surface area contributed by atoms with Crippen molar-refractivity contribution in [2.24, 2.45) is 0 Å². The van der Waals surface area contributed by atoms with E-state index < -0.39 is 0 Å². The molecule has 26 heavy (non-hydrogen) atoms. The van der Waals surface area contributed by atoms with Crippen LogP contribution < -0.4 is 9.47 Å². The lowest BCUT2D eigenvalue weighted by Gasteiger charge is -2.34. The molecule has 0 radical (unpaired) electrons. The van der Waals surface area contributed by atoms with Crippen LogP contribution in [0, 0.1) is 0 Å². The first-order valence-electron chi connectivity index (χ1n) is 8.11. The summed E-state index contributed by atoms with van der Waals surface area (Å²) in [5.41, 5.74) is 3.46. The lowest BCUT2D eigenvalue weighted by atomic mass is 9.90. The molecule has 2 aromatic heterocycles. The van der Waals surface area contributed by atoms with Crippen molar-refractivity contribution in [2.75, 3.05) is 20.8 Å². The highest BCUT2D eigenvalue weighted by Gasteiger charge is 2.31. The van der Waals surface area contributed by atoms with Crippen molar-refractivity contribution in [3.05, 3.63) is 52.4 Å². The zero-order valence-corrected chi connectivity index (χ0v) is 15.1. The number of rotatable bonds is 4. The molecule has 0 saturated carbocycles. The SMILES string of the molecule is COc1cc2c(cc1OC)C(c1cc3ncc(Cl)cn3n1)N(C=O)CC2. The minimum Gasteiger partial charge on any atom is -0.493 e. The molecule has 1 atom stereocenters. The van der Waals surface area contributed by atoms with Gasteiger partial charge in [0.2, 0.25) is 6.41 Å². The third kappa shape index (κ3) is 2.64. The molecule has 0 aliphatic carbocycles. The van der Waals surface area contributed by atoms with Gasteiger partial charge in [0, 0.05) is 18.8 Å². The number of fused-ring (bicyclic) bond motifs is 2. The lowest BCUT2D eigenvalue weighted by molar-refractivity contribution is -0.120. The molecule has 1 aromatic carbocycles. The Hall–Kier alpha value is -2.80. The summed E-state index contributed by atoms with van der Waals surface area (Å²) in [4.78, 5) is 17.7. The summed E-state index contributed by atoms with van der Waals surface area (Å²) >= 11 is 6.00. The summed E-state index contributed by atoms with van der Waals surface area (Å²) < 4.78 is 12.5. The van der Waals surface area contributed by atoms with Gasteiger partial charge in [-0.25, -0.2) is 9.50 Å². The molecule has 0 N–H and O–H groups in total. The van der Waals surface area contributed by atoms with Crippen LogP contribution in [0.5, 0.6) is 11.5 Å². The second-order valence-electron chi connectivity index (χ2n) is 6.05. The number of methoxy groups -OCH3 is 2. The third-order valence-electron chi connectivity index (χ3n) is 4.63. The largest absolute Gasteiger partial charge is 0.493 e. The molecule has 1 aliphatic heterocycles. The van der Waals surface area contributed by atoms with E-state index in [1.54, 1.807) is 36.0 Å². The van der Waals surface area contributed by atoms with Crippen LogP contribution in [-0.4, -0.2) is 46.7 Å². The normalized spacial score (nSPS) is 16.4. The van der Waals surface area contributed by atoms with Gasteiger partial charge in [-0.15, -0.1) is 0 Å². The summed E-state index contributed by atoms with van der Waals surface area (Å²) in [6, 6.07) is 5.42. The molecule has 134 valence electrons. The highest BCUT2D eigenvalue weighted by molar-refractivity contribution is 6.30. The van der Waals surface area contributed by atoms with Crippen LogP contribution >= 0.6 is 11.6 Å². The number of carbonyl (C=O) groups is 1. The molecule has 0 bridgehead atoms. The number of amides is 1. The standard InChI is InChI=1S/C18H17ClN4O3/c1-25-15-5-11-3-4-22(10-24)18(13(11)6-16(15)26-2)14-7-17-20-8-12(19)9-23(17)21-14/h5-10,18H,3-4H2,1-2H3. The van der Waals surface area contributed by atoms with Crippen molar-refractivity contribution in [1.29, 1.82) is 0 Å². The number of hydrogen-bond acceptors (Lipinski definition) is 5. The van der Waals surface area contributed by atoms with Gasteiger partial charge < -0.3 is 14.4 Å². The molecule has 1 aliphatic rings. The van der Waals surface area contributed by atoms with Gasteiger partial charge in [0.15, 0.2) is 17.1 Å². The molecule has 0 fully saturated rings. The maximum absolute atomic E-state index is 11.7. The molecule has 4 rings (SSSR count). The van der Waals surface area contributed by atoms with Gasteiger partial charge in [-0.1, -0.05) is 11.6 Å². The maximum atomic E-state index is 11.7. The summed E-state index contributed by atoms with van der Waals surface area (Å²) in [6.07, 6.45) is 4.86. The number of benzene rings is 1. The first-order chi connectivity index (χ1) is 12.6. The van der Waals surface area contributed by atoms with Crippen LogP contribution in [0.1, 0.15) is 22.9 Å². The summed E-state index contributed by atoms with van der Waals surface area (Å²) in [6.45, 7) is 0.596. The fourth-order valence-corrected chi connectivity index (χ4v) is 3.56. The lowest BCUT2D eigenvalue weighted by Crippen LogP contribution is -2.35. The number of carbonyl (C=O) groups excluding carboxylic acids is 1. The van der Waals surface area contributed by atoms with E-state index >= 15 is 0 Å². The van der Waals surface area contributed by atoms with Crippen LogP contribution in [0.25, 0.3) is 5.65 Å². The van der Waals surface area contributed by atoms with Crippen LogP contribution in [0.2, 0.25) is 5.02 Å². The van der Waals surface area contributed by atoms with Gasteiger partial charge in [-0.3, -0.25) is 4.79 Å². The predicted molar refractivity (Wildman–Crippen MR) is 95.9 cm³/mol. The van der Waals surface area contributed by atoms with Gasteiger partial charge in [0.05, 0.1) is 31.1 Å². The van der Waals surface area contributed by atoms with E-state index in [-0.39, 0.29) is 6.04 Å². The van der Waals surface area contributed by atoms with Gasteiger partial charge >= 0.3 is 0 Å². The number of nitrogens with zero attached hydrogens (tertiary/aromatic N) is 4. The van der Waals surface area contributed by atoms with E-state index in [1.807, 2.05) is 18.2 Å². The zero-order chi connectivity index (χ0) is 18.3. The number of hydrogen-bond donors (Lipinski definition) is 0. The summed E-state index contributed by atoms with van der Waals surface area (Å²) in [7, 11) is 3.20. The Kier molecular flexibility index (Phi) is 4.16. The Morgan fingerprint density at radius 2 is 2.00 bits per heavy atom. The molecule has 0 spiro atoms. The highest BCUT2D eigenvalue weighted by atomic mass is 35.5. The number of aromatic nitrogens is 3. The second kappa shape index (κ2) is 6.49. The molecule has 1 amide bonds. The molecule has 0 saturated heterocycles. The Morgan fingerprint density at radius 1 is 1.23 bits per heavy atom. The molecular formula is C18H17ClN4O3. The predicted octanol–water partition coefficient (Wildman–Crippen LogP) is 2.50. The molecule has 1 unspecified atom stereocenters. The van der Waals surface area contributed by atoms with Crippen molar-refractivity contribution in [3.8, 4) is 11.5 Å². The van der Waals surface area contributed by atoms with E-state index in [2.05, 4.69) is 10.1 Å². The van der Waals surface area contributed by atoms with E-state index in [9.17, 15) is 4.79 Å². The van der Waals surface area contributed by atoms with Crippen molar-refractivity contribution in [1.82, 2.24) is 19.5 Å². The Morgan fingerprint density at radius 3 is 2.73 bits per heavy atom. The van der Waals surface area contributed by atoms with Crippen molar-refractivity contribution >= 4 is 23.7 Å². The number of ether oxygens (including phenoxy) is 2. The quantitative estimate of drug-likeness (QED) is 0.658. The van der Waals surface area contributed by atoms with Crippen LogP contribution in [0.15, 0.2) is 30.6 Å². The Bertz CT molecular complexity index is 988. The molecule has 7 nitrogen and oxygen atoms in total. The van der Waals surface area contributed by atoms with E-state index in [0.29, 0.717) is 28.7 Å². The van der Waals surface area contributed by atoms with E-state index in [0.717, 1.165) is 29.7 Å². The van der Waals surface area contributed by atoms with Crippen LogP contribution in [-0.2, 0) is 11.2 Å². The van der Waals surface area contributed by atoms with Gasteiger partial charge in [-0.2, -0.15) is 5.10 Å². The molecular weight excluding hydrogens is 356 g/mol. The maximum Gasteiger partial charge on any atom is 0.210 e. The van der Waals surface area contributed by atoms with Crippen LogP contribution in [0.3, 0.4) is 0 Å². The Balaban J connectivity index is 1.89. The molecule has 3 heterocycles. The second-order valence-corrected chi connectivity index (χ2v) is 6.48. The van der Waals surface area contributed by atoms with Gasteiger partial charge in [0.1, 0.15) is 6.04 Å².